The Morgan fingerprint density at radius 3 is 2.56 bits per heavy atom. The molecule has 1 fully saturated rings. The minimum Gasteiger partial charge on any atom is -0.506 e. The van der Waals surface area contributed by atoms with Crippen molar-refractivity contribution in [1.29, 1.82) is 0 Å². The summed E-state index contributed by atoms with van der Waals surface area (Å²) in [6, 6.07) is 3.39. The summed E-state index contributed by atoms with van der Waals surface area (Å²) in [7, 11) is 1.54. The van der Waals surface area contributed by atoms with Crippen molar-refractivity contribution in [2.24, 2.45) is 5.73 Å². The van der Waals surface area contributed by atoms with Gasteiger partial charge in [-0.1, -0.05) is 24.4 Å². The van der Waals surface area contributed by atoms with Gasteiger partial charge in [-0.15, -0.1) is 0 Å². The topological polar surface area (TPSA) is 55.5 Å². The maximum atomic E-state index is 9.53. The molecule has 16 heavy (non-hydrogen) atoms. The average Bonchev–Trinajstić information content (AvgIpc) is 2.70. The second kappa shape index (κ2) is 4.15. The fourth-order valence-electron chi connectivity index (χ4n) is 2.41. The summed E-state index contributed by atoms with van der Waals surface area (Å²) in [6.45, 7) is 0. The van der Waals surface area contributed by atoms with Crippen LogP contribution in [0.5, 0.6) is 11.5 Å². The molecule has 1 aliphatic rings. The van der Waals surface area contributed by atoms with Crippen molar-refractivity contribution in [3.8, 4) is 11.5 Å². The summed E-state index contributed by atoms with van der Waals surface area (Å²) < 4.78 is 5.26. The Morgan fingerprint density at radius 2 is 2.00 bits per heavy atom. The van der Waals surface area contributed by atoms with Crippen LogP contribution in [0.4, 0.5) is 0 Å². The Kier molecular flexibility index (Phi) is 3.00. The zero-order chi connectivity index (χ0) is 11.8. The largest absolute Gasteiger partial charge is 0.506 e. The summed E-state index contributed by atoms with van der Waals surface area (Å²) in [6.07, 6.45) is 4.12. The molecule has 1 aliphatic carbocycles. The van der Waals surface area contributed by atoms with E-state index in [1.807, 2.05) is 6.07 Å². The van der Waals surface area contributed by atoms with E-state index in [9.17, 15) is 5.11 Å². The first-order valence-corrected chi connectivity index (χ1v) is 5.81. The molecule has 0 spiro atoms. The number of phenolic OH excluding ortho intramolecular Hbond substituents is 1. The minimum absolute atomic E-state index is 0.0314. The third-order valence-corrected chi connectivity index (χ3v) is 3.68. The molecule has 0 aromatic heterocycles. The van der Waals surface area contributed by atoms with Gasteiger partial charge in [0.1, 0.15) is 16.5 Å². The molecule has 0 heterocycles. The van der Waals surface area contributed by atoms with Gasteiger partial charge in [-0.3, -0.25) is 0 Å². The zero-order valence-electron chi connectivity index (χ0n) is 9.29. The normalized spacial score (nSPS) is 18.7. The van der Waals surface area contributed by atoms with E-state index in [1.54, 1.807) is 13.2 Å². The van der Waals surface area contributed by atoms with Crippen LogP contribution in [0, 0.1) is 0 Å². The summed E-state index contributed by atoms with van der Waals surface area (Å²) in [5, 5.41) is 9.78. The molecule has 0 amide bonds. The van der Waals surface area contributed by atoms with Crippen molar-refractivity contribution in [2.75, 3.05) is 7.11 Å². The maximum Gasteiger partial charge on any atom is 0.146 e. The molecule has 3 N–H and O–H groups in total. The van der Waals surface area contributed by atoms with Crippen molar-refractivity contribution in [1.82, 2.24) is 0 Å². The zero-order valence-corrected chi connectivity index (χ0v) is 10.0. The predicted octanol–water partition coefficient (Wildman–Crippen LogP) is 2.78. The van der Waals surface area contributed by atoms with E-state index in [1.165, 1.54) is 0 Å². The molecule has 88 valence electrons. The van der Waals surface area contributed by atoms with Crippen molar-refractivity contribution in [2.45, 2.75) is 31.2 Å². The predicted molar refractivity (Wildman–Crippen MR) is 64.0 cm³/mol. The standard InChI is InChI=1S/C12H16ClNO2/c1-16-11-8(4-5-9(15)10(11)13)12(14)6-2-3-7-12/h4-5,15H,2-3,6-7,14H2,1H3. The molecule has 1 aromatic rings. The number of hydrogen-bond acceptors (Lipinski definition) is 3. The number of hydrogen-bond donors (Lipinski definition) is 2. The number of methoxy groups -OCH3 is 1. The van der Waals surface area contributed by atoms with Crippen LogP contribution in [0.25, 0.3) is 0 Å². The van der Waals surface area contributed by atoms with E-state index in [0.29, 0.717) is 5.75 Å². The molecule has 3 nitrogen and oxygen atoms in total. The van der Waals surface area contributed by atoms with Crippen LogP contribution >= 0.6 is 11.6 Å². The Labute approximate surface area is 100 Å². The van der Waals surface area contributed by atoms with Crippen molar-refractivity contribution in [3.63, 3.8) is 0 Å². The van der Waals surface area contributed by atoms with Crippen LogP contribution in [0.3, 0.4) is 0 Å². The third kappa shape index (κ3) is 1.74. The van der Waals surface area contributed by atoms with Crippen LogP contribution in [-0.4, -0.2) is 12.2 Å². The lowest BCUT2D eigenvalue weighted by atomic mass is 9.88. The monoisotopic (exact) mass is 241 g/mol. The highest BCUT2D eigenvalue weighted by Gasteiger charge is 2.34. The second-order valence-corrected chi connectivity index (χ2v) is 4.72. The van der Waals surface area contributed by atoms with E-state index in [-0.39, 0.29) is 16.3 Å². The van der Waals surface area contributed by atoms with Crippen molar-refractivity contribution >= 4 is 11.6 Å². The molecule has 2 rings (SSSR count). The lowest BCUT2D eigenvalue weighted by Gasteiger charge is -2.26. The lowest BCUT2D eigenvalue weighted by Crippen LogP contribution is -2.33. The Morgan fingerprint density at radius 1 is 1.38 bits per heavy atom. The molecule has 0 atom stereocenters. The van der Waals surface area contributed by atoms with Gasteiger partial charge in [-0.25, -0.2) is 0 Å². The van der Waals surface area contributed by atoms with Crippen LogP contribution < -0.4 is 10.5 Å². The van der Waals surface area contributed by atoms with Crippen molar-refractivity contribution in [3.05, 3.63) is 22.7 Å². The van der Waals surface area contributed by atoms with Gasteiger partial charge in [-0.2, -0.15) is 0 Å². The number of halogens is 1. The smallest absolute Gasteiger partial charge is 0.146 e. The molecule has 0 saturated heterocycles. The second-order valence-electron chi connectivity index (χ2n) is 4.34. The highest BCUT2D eigenvalue weighted by atomic mass is 35.5. The van der Waals surface area contributed by atoms with Gasteiger partial charge in [0.2, 0.25) is 0 Å². The number of ether oxygens (including phenoxy) is 1. The van der Waals surface area contributed by atoms with Gasteiger partial charge < -0.3 is 15.6 Å². The van der Waals surface area contributed by atoms with Gasteiger partial charge in [0.25, 0.3) is 0 Å². The summed E-state index contributed by atoms with van der Waals surface area (Å²) >= 11 is 6.01. The molecule has 0 bridgehead atoms. The highest BCUT2D eigenvalue weighted by Crippen LogP contribution is 2.45. The van der Waals surface area contributed by atoms with E-state index in [2.05, 4.69) is 0 Å². The first kappa shape index (κ1) is 11.6. The lowest BCUT2D eigenvalue weighted by molar-refractivity contribution is 0.375. The fraction of sp³-hybridized carbons (Fsp3) is 0.500. The van der Waals surface area contributed by atoms with Gasteiger partial charge in [-0.05, 0) is 25.0 Å². The Bertz CT molecular complexity index is 400. The number of aromatic hydroxyl groups is 1. The van der Waals surface area contributed by atoms with Crippen LogP contribution in [-0.2, 0) is 5.54 Å². The fourth-order valence-corrected chi connectivity index (χ4v) is 2.65. The van der Waals surface area contributed by atoms with E-state index in [0.717, 1.165) is 31.2 Å². The molecule has 4 heteroatoms. The van der Waals surface area contributed by atoms with E-state index >= 15 is 0 Å². The molecule has 0 unspecified atom stereocenters. The van der Waals surface area contributed by atoms with Gasteiger partial charge >= 0.3 is 0 Å². The van der Waals surface area contributed by atoms with E-state index in [4.69, 9.17) is 22.1 Å². The Hall–Kier alpha value is -0.930. The molecular weight excluding hydrogens is 226 g/mol. The van der Waals surface area contributed by atoms with Crippen LogP contribution in [0.2, 0.25) is 5.02 Å². The summed E-state index contributed by atoms with van der Waals surface area (Å²) in [5.41, 5.74) is 6.90. The number of benzene rings is 1. The Balaban J connectivity index is 2.52. The van der Waals surface area contributed by atoms with Gasteiger partial charge in [0.05, 0.1) is 7.11 Å². The van der Waals surface area contributed by atoms with E-state index < -0.39 is 0 Å². The quantitative estimate of drug-likeness (QED) is 0.837. The summed E-state index contributed by atoms with van der Waals surface area (Å²) in [5.74, 6) is 0.537. The first-order valence-electron chi connectivity index (χ1n) is 5.43. The van der Waals surface area contributed by atoms with Crippen molar-refractivity contribution < 1.29 is 9.84 Å². The molecule has 0 aliphatic heterocycles. The SMILES string of the molecule is COc1c(C2(N)CCCC2)ccc(O)c1Cl. The molecule has 1 aromatic carbocycles. The third-order valence-electron chi connectivity index (χ3n) is 3.31. The van der Waals surface area contributed by atoms with Crippen LogP contribution in [0.15, 0.2) is 12.1 Å². The number of nitrogens with two attached hydrogens (primary N) is 1. The average molecular weight is 242 g/mol. The van der Waals surface area contributed by atoms with Gasteiger partial charge in [0.15, 0.2) is 0 Å². The first-order chi connectivity index (χ1) is 7.58. The number of phenols is 1. The molecule has 0 radical (unpaired) electrons. The molecular formula is C12H16ClNO2. The summed E-state index contributed by atoms with van der Waals surface area (Å²) in [4.78, 5) is 0. The highest BCUT2D eigenvalue weighted by molar-refractivity contribution is 6.33. The minimum atomic E-state index is -0.358. The maximum absolute atomic E-state index is 9.53. The van der Waals surface area contributed by atoms with Gasteiger partial charge in [0, 0.05) is 11.1 Å². The van der Waals surface area contributed by atoms with Crippen LogP contribution in [0.1, 0.15) is 31.2 Å². The molecule has 1 saturated carbocycles. The number of rotatable bonds is 2.